The number of halogens is 2. The molecule has 1 amide bonds. The number of amides is 1. The normalized spacial score (nSPS) is 12.0. The minimum atomic E-state index is -0.0521. The van der Waals surface area contributed by atoms with Crippen LogP contribution in [-0.4, -0.2) is 11.9 Å². The average Bonchev–Trinajstić information content (AvgIpc) is 2.48. The van der Waals surface area contributed by atoms with Crippen LogP contribution in [0, 0.1) is 0 Å². The van der Waals surface area contributed by atoms with Crippen LogP contribution in [0.4, 0.5) is 0 Å². The highest BCUT2D eigenvalue weighted by Gasteiger charge is 2.13. The lowest BCUT2D eigenvalue weighted by Crippen LogP contribution is -2.33. The molecule has 21 heavy (non-hydrogen) atoms. The van der Waals surface area contributed by atoms with Crippen LogP contribution in [0.25, 0.3) is 0 Å². The Hall–Kier alpha value is -1.13. The predicted octanol–water partition coefficient (Wildman–Crippen LogP) is 4.96. The summed E-state index contributed by atoms with van der Waals surface area (Å²) in [5.74, 6) is -0.0521. The molecule has 0 aliphatic carbocycles. The molecule has 1 atom stereocenters. The van der Waals surface area contributed by atoms with Gasteiger partial charge in [-0.1, -0.05) is 46.3 Å². The van der Waals surface area contributed by atoms with Crippen LogP contribution in [0.3, 0.4) is 0 Å². The highest BCUT2D eigenvalue weighted by atomic mass is 79.9. The second-order valence-electron chi connectivity index (χ2n) is 5.02. The molecule has 0 saturated carbocycles. The fourth-order valence-corrected chi connectivity index (χ4v) is 2.86. The van der Waals surface area contributed by atoms with Gasteiger partial charge in [0.25, 0.3) is 5.91 Å². The molecule has 0 bridgehead atoms. The average molecular weight is 411 g/mol. The Balaban J connectivity index is 1.91. The molecular weight excluding hydrogens is 394 g/mol. The molecule has 4 heteroatoms. The largest absolute Gasteiger partial charge is 0.350 e. The summed E-state index contributed by atoms with van der Waals surface area (Å²) >= 11 is 6.81. The summed E-state index contributed by atoms with van der Waals surface area (Å²) in [6.07, 6.45) is 1.88. The Morgan fingerprint density at radius 2 is 1.86 bits per heavy atom. The zero-order chi connectivity index (χ0) is 15.2. The van der Waals surface area contributed by atoms with Crippen molar-refractivity contribution in [3.63, 3.8) is 0 Å². The van der Waals surface area contributed by atoms with Crippen molar-refractivity contribution in [3.05, 3.63) is 68.6 Å². The minimum absolute atomic E-state index is 0.0521. The first-order chi connectivity index (χ1) is 10.1. The lowest BCUT2D eigenvalue weighted by molar-refractivity contribution is 0.0937. The van der Waals surface area contributed by atoms with Crippen LogP contribution < -0.4 is 5.32 Å². The number of carbonyl (C=O) groups is 1. The van der Waals surface area contributed by atoms with Crippen molar-refractivity contribution in [2.45, 2.75) is 25.8 Å². The van der Waals surface area contributed by atoms with Gasteiger partial charge in [-0.2, -0.15) is 0 Å². The Morgan fingerprint density at radius 3 is 2.57 bits per heavy atom. The highest BCUT2D eigenvalue weighted by molar-refractivity contribution is 9.11. The maximum Gasteiger partial charge on any atom is 0.252 e. The van der Waals surface area contributed by atoms with Crippen molar-refractivity contribution in [2.75, 3.05) is 0 Å². The lowest BCUT2D eigenvalue weighted by atomic mass is 10.1. The fourth-order valence-electron chi connectivity index (χ4n) is 2.07. The van der Waals surface area contributed by atoms with Gasteiger partial charge in [-0.15, -0.1) is 0 Å². The van der Waals surface area contributed by atoms with Gasteiger partial charge < -0.3 is 5.32 Å². The zero-order valence-electron chi connectivity index (χ0n) is 11.8. The Morgan fingerprint density at radius 1 is 1.14 bits per heavy atom. The molecule has 2 aromatic carbocycles. The van der Waals surface area contributed by atoms with E-state index in [1.165, 1.54) is 5.56 Å². The van der Waals surface area contributed by atoms with E-state index >= 15 is 0 Å². The third-order valence-electron chi connectivity index (χ3n) is 3.26. The number of aryl methyl sites for hydroxylation is 1. The SMILES string of the molecule is CC(CCc1ccccc1)NC(=O)c1cc(Br)ccc1Br. The van der Waals surface area contributed by atoms with Crippen molar-refractivity contribution in [3.8, 4) is 0 Å². The van der Waals surface area contributed by atoms with Crippen molar-refractivity contribution < 1.29 is 4.79 Å². The molecule has 0 spiro atoms. The second kappa shape index (κ2) is 7.76. The summed E-state index contributed by atoms with van der Waals surface area (Å²) in [7, 11) is 0. The number of hydrogen-bond acceptors (Lipinski definition) is 1. The van der Waals surface area contributed by atoms with Crippen LogP contribution >= 0.6 is 31.9 Å². The molecule has 1 N–H and O–H groups in total. The minimum Gasteiger partial charge on any atom is -0.350 e. The van der Waals surface area contributed by atoms with E-state index < -0.39 is 0 Å². The summed E-state index contributed by atoms with van der Waals surface area (Å²) in [5, 5.41) is 3.04. The molecular formula is C17H17Br2NO. The van der Waals surface area contributed by atoms with E-state index in [9.17, 15) is 4.79 Å². The third-order valence-corrected chi connectivity index (χ3v) is 4.44. The smallest absolute Gasteiger partial charge is 0.252 e. The summed E-state index contributed by atoms with van der Waals surface area (Å²) in [6.45, 7) is 2.03. The molecule has 0 aliphatic rings. The predicted molar refractivity (Wildman–Crippen MR) is 93.5 cm³/mol. The number of hydrogen-bond donors (Lipinski definition) is 1. The molecule has 0 radical (unpaired) electrons. The van der Waals surface area contributed by atoms with E-state index in [1.807, 2.05) is 43.3 Å². The van der Waals surface area contributed by atoms with E-state index in [0.717, 1.165) is 21.8 Å². The fraction of sp³-hybridized carbons (Fsp3) is 0.235. The van der Waals surface area contributed by atoms with Crippen molar-refractivity contribution in [1.82, 2.24) is 5.32 Å². The topological polar surface area (TPSA) is 29.1 Å². The molecule has 110 valence electrons. The van der Waals surface area contributed by atoms with Crippen LogP contribution in [0.5, 0.6) is 0 Å². The first kappa shape index (κ1) is 16.2. The maximum absolute atomic E-state index is 12.3. The number of rotatable bonds is 5. The number of nitrogens with one attached hydrogen (secondary N) is 1. The van der Waals surface area contributed by atoms with E-state index in [-0.39, 0.29) is 11.9 Å². The van der Waals surface area contributed by atoms with Crippen LogP contribution in [0.1, 0.15) is 29.3 Å². The van der Waals surface area contributed by atoms with Gasteiger partial charge in [0.15, 0.2) is 0 Å². The van der Waals surface area contributed by atoms with E-state index in [1.54, 1.807) is 0 Å². The number of carbonyl (C=O) groups excluding carboxylic acids is 1. The summed E-state index contributed by atoms with van der Waals surface area (Å²) in [6, 6.07) is 16.0. The standard InChI is InChI=1S/C17H17Br2NO/c1-12(7-8-13-5-3-2-4-6-13)20-17(21)15-11-14(18)9-10-16(15)19/h2-6,9-12H,7-8H2,1H3,(H,20,21). The molecule has 0 heterocycles. The molecule has 0 fully saturated rings. The summed E-state index contributed by atoms with van der Waals surface area (Å²) in [4.78, 5) is 12.3. The maximum atomic E-state index is 12.3. The van der Waals surface area contributed by atoms with Gasteiger partial charge >= 0.3 is 0 Å². The first-order valence-electron chi connectivity index (χ1n) is 6.86. The van der Waals surface area contributed by atoms with Crippen LogP contribution in [0.2, 0.25) is 0 Å². The highest BCUT2D eigenvalue weighted by Crippen LogP contribution is 2.21. The molecule has 2 rings (SSSR count). The van der Waals surface area contributed by atoms with Crippen LogP contribution in [-0.2, 0) is 6.42 Å². The molecule has 2 nitrogen and oxygen atoms in total. The molecule has 0 aromatic heterocycles. The molecule has 0 aliphatic heterocycles. The lowest BCUT2D eigenvalue weighted by Gasteiger charge is -2.15. The Kier molecular flexibility index (Phi) is 6.00. The van der Waals surface area contributed by atoms with E-state index in [0.29, 0.717) is 5.56 Å². The summed E-state index contributed by atoms with van der Waals surface area (Å²) < 4.78 is 1.70. The molecule has 0 saturated heterocycles. The van der Waals surface area contributed by atoms with Gasteiger partial charge in [0.2, 0.25) is 0 Å². The van der Waals surface area contributed by atoms with Gasteiger partial charge in [-0.3, -0.25) is 4.79 Å². The monoisotopic (exact) mass is 409 g/mol. The number of benzene rings is 2. The second-order valence-corrected chi connectivity index (χ2v) is 6.79. The van der Waals surface area contributed by atoms with Gasteiger partial charge in [0.05, 0.1) is 5.56 Å². The van der Waals surface area contributed by atoms with E-state index in [4.69, 9.17) is 0 Å². The Bertz CT molecular complexity index is 613. The van der Waals surface area contributed by atoms with Crippen LogP contribution in [0.15, 0.2) is 57.5 Å². The Labute approximate surface area is 142 Å². The van der Waals surface area contributed by atoms with Crippen molar-refractivity contribution in [2.24, 2.45) is 0 Å². The zero-order valence-corrected chi connectivity index (χ0v) is 14.9. The van der Waals surface area contributed by atoms with Crippen molar-refractivity contribution >= 4 is 37.8 Å². The summed E-state index contributed by atoms with van der Waals surface area (Å²) in [5.41, 5.74) is 1.94. The first-order valence-corrected chi connectivity index (χ1v) is 8.44. The van der Waals surface area contributed by atoms with Gasteiger partial charge in [-0.25, -0.2) is 0 Å². The van der Waals surface area contributed by atoms with E-state index in [2.05, 4.69) is 49.3 Å². The quantitative estimate of drug-likeness (QED) is 0.741. The van der Waals surface area contributed by atoms with Gasteiger partial charge in [0.1, 0.15) is 0 Å². The third kappa shape index (κ3) is 4.97. The molecule has 1 unspecified atom stereocenters. The van der Waals surface area contributed by atoms with Crippen molar-refractivity contribution in [1.29, 1.82) is 0 Å². The molecule has 2 aromatic rings. The van der Waals surface area contributed by atoms with Gasteiger partial charge in [0, 0.05) is 15.0 Å². The van der Waals surface area contributed by atoms with Gasteiger partial charge in [-0.05, 0) is 59.5 Å².